The molecular formula is C17H19N3O2S. The summed E-state index contributed by atoms with van der Waals surface area (Å²) in [5, 5.41) is 7.27. The molecule has 0 radical (unpaired) electrons. The average molecular weight is 329 g/mol. The number of methoxy groups -OCH3 is 1. The smallest absolute Gasteiger partial charge is 0.186 e. The van der Waals surface area contributed by atoms with E-state index in [1.807, 2.05) is 48.5 Å². The highest BCUT2D eigenvalue weighted by Crippen LogP contribution is 2.28. The molecule has 0 aliphatic heterocycles. The van der Waals surface area contributed by atoms with Gasteiger partial charge in [0.1, 0.15) is 6.61 Å². The summed E-state index contributed by atoms with van der Waals surface area (Å²) in [6, 6.07) is 15.6. The maximum atomic E-state index is 5.81. The fourth-order valence-electron chi connectivity index (χ4n) is 1.84. The van der Waals surface area contributed by atoms with Crippen molar-refractivity contribution in [1.29, 1.82) is 0 Å². The van der Waals surface area contributed by atoms with Crippen LogP contribution in [-0.4, -0.2) is 25.5 Å². The summed E-state index contributed by atoms with van der Waals surface area (Å²) in [5.41, 5.74) is 4.67. The van der Waals surface area contributed by atoms with Crippen LogP contribution in [0.4, 0.5) is 0 Å². The van der Waals surface area contributed by atoms with Gasteiger partial charge in [0, 0.05) is 7.05 Å². The van der Waals surface area contributed by atoms with Crippen LogP contribution in [0.15, 0.2) is 53.6 Å². The van der Waals surface area contributed by atoms with Gasteiger partial charge in [-0.3, -0.25) is 5.43 Å². The molecule has 0 spiro atoms. The number of ether oxygens (including phenoxy) is 2. The Morgan fingerprint density at radius 2 is 1.96 bits per heavy atom. The van der Waals surface area contributed by atoms with Crippen LogP contribution in [-0.2, 0) is 6.61 Å². The Kier molecular flexibility index (Phi) is 6.38. The molecule has 23 heavy (non-hydrogen) atoms. The van der Waals surface area contributed by atoms with E-state index in [0.29, 0.717) is 23.2 Å². The van der Waals surface area contributed by atoms with Gasteiger partial charge in [0.05, 0.1) is 13.3 Å². The summed E-state index contributed by atoms with van der Waals surface area (Å²) >= 11 is 4.94. The lowest BCUT2D eigenvalue weighted by atomic mass is 10.2. The second kappa shape index (κ2) is 8.75. The van der Waals surface area contributed by atoms with Crippen molar-refractivity contribution in [2.24, 2.45) is 5.10 Å². The number of thiocarbonyl (C=S) groups is 1. The van der Waals surface area contributed by atoms with Gasteiger partial charge >= 0.3 is 0 Å². The van der Waals surface area contributed by atoms with Gasteiger partial charge < -0.3 is 14.8 Å². The first-order chi connectivity index (χ1) is 11.2. The van der Waals surface area contributed by atoms with E-state index in [9.17, 15) is 0 Å². The Hall–Kier alpha value is -2.60. The summed E-state index contributed by atoms with van der Waals surface area (Å²) in [6.45, 7) is 0.489. The van der Waals surface area contributed by atoms with Gasteiger partial charge in [-0.05, 0) is 41.5 Å². The van der Waals surface area contributed by atoms with Crippen LogP contribution in [0.1, 0.15) is 11.1 Å². The summed E-state index contributed by atoms with van der Waals surface area (Å²) in [4.78, 5) is 0. The SMILES string of the molecule is CNC(=S)NN=Cc1ccc(OCc2ccccc2)c(OC)c1. The summed E-state index contributed by atoms with van der Waals surface area (Å²) in [7, 11) is 3.34. The Labute approximate surface area is 141 Å². The van der Waals surface area contributed by atoms with E-state index in [0.717, 1.165) is 11.1 Å². The molecule has 6 heteroatoms. The Bertz CT molecular complexity index is 675. The zero-order chi connectivity index (χ0) is 16.5. The number of benzene rings is 2. The van der Waals surface area contributed by atoms with Crippen LogP contribution in [0.5, 0.6) is 11.5 Å². The minimum Gasteiger partial charge on any atom is -0.493 e. The molecule has 0 saturated carbocycles. The monoisotopic (exact) mass is 329 g/mol. The van der Waals surface area contributed by atoms with Crippen molar-refractivity contribution < 1.29 is 9.47 Å². The van der Waals surface area contributed by atoms with Crippen LogP contribution >= 0.6 is 12.2 Å². The van der Waals surface area contributed by atoms with Crippen molar-refractivity contribution in [1.82, 2.24) is 10.7 Å². The Balaban J connectivity index is 2.02. The van der Waals surface area contributed by atoms with Crippen LogP contribution in [0, 0.1) is 0 Å². The molecule has 0 amide bonds. The first-order valence-corrected chi connectivity index (χ1v) is 7.49. The zero-order valence-electron chi connectivity index (χ0n) is 13.1. The largest absolute Gasteiger partial charge is 0.493 e. The van der Waals surface area contributed by atoms with Gasteiger partial charge in [0.2, 0.25) is 0 Å². The molecule has 0 atom stereocenters. The number of hydrazone groups is 1. The van der Waals surface area contributed by atoms with E-state index in [4.69, 9.17) is 21.7 Å². The first kappa shape index (κ1) is 16.8. The highest BCUT2D eigenvalue weighted by atomic mass is 32.1. The summed E-state index contributed by atoms with van der Waals surface area (Å²) in [5.74, 6) is 1.34. The van der Waals surface area contributed by atoms with Gasteiger partial charge in [-0.2, -0.15) is 5.10 Å². The van der Waals surface area contributed by atoms with Gasteiger partial charge in [-0.1, -0.05) is 30.3 Å². The molecule has 0 bridgehead atoms. The van der Waals surface area contributed by atoms with Crippen molar-refractivity contribution in [3.63, 3.8) is 0 Å². The minimum atomic E-state index is 0.455. The molecule has 0 unspecified atom stereocenters. The molecular weight excluding hydrogens is 310 g/mol. The van der Waals surface area contributed by atoms with Crippen molar-refractivity contribution in [2.75, 3.05) is 14.2 Å². The molecule has 2 rings (SSSR count). The molecule has 0 saturated heterocycles. The zero-order valence-corrected chi connectivity index (χ0v) is 13.9. The number of nitrogens with zero attached hydrogens (tertiary/aromatic N) is 1. The van der Waals surface area contributed by atoms with E-state index < -0.39 is 0 Å². The number of rotatable bonds is 6. The summed E-state index contributed by atoms with van der Waals surface area (Å²) < 4.78 is 11.2. The van der Waals surface area contributed by atoms with Crippen molar-refractivity contribution >= 4 is 23.5 Å². The van der Waals surface area contributed by atoms with E-state index >= 15 is 0 Å². The topological polar surface area (TPSA) is 54.9 Å². The van der Waals surface area contributed by atoms with E-state index in [1.54, 1.807) is 20.4 Å². The van der Waals surface area contributed by atoms with Gasteiger partial charge in [-0.15, -0.1) is 0 Å². The second-order valence-corrected chi connectivity index (χ2v) is 5.04. The molecule has 2 aromatic rings. The number of hydrogen-bond acceptors (Lipinski definition) is 4. The molecule has 2 N–H and O–H groups in total. The van der Waals surface area contributed by atoms with E-state index in [2.05, 4.69) is 15.8 Å². The molecule has 5 nitrogen and oxygen atoms in total. The van der Waals surface area contributed by atoms with Crippen LogP contribution in [0.3, 0.4) is 0 Å². The third kappa shape index (κ3) is 5.27. The third-order valence-corrected chi connectivity index (χ3v) is 3.33. The van der Waals surface area contributed by atoms with Crippen LogP contribution in [0.2, 0.25) is 0 Å². The van der Waals surface area contributed by atoms with Crippen LogP contribution < -0.4 is 20.2 Å². The fraction of sp³-hybridized carbons (Fsp3) is 0.176. The second-order valence-electron chi connectivity index (χ2n) is 4.63. The van der Waals surface area contributed by atoms with E-state index in [-0.39, 0.29) is 0 Å². The Morgan fingerprint density at radius 1 is 1.17 bits per heavy atom. The molecule has 0 aromatic heterocycles. The predicted octanol–water partition coefficient (Wildman–Crippen LogP) is 2.70. The standard InChI is InChI=1S/C17H19N3O2S/c1-18-17(23)20-19-11-14-8-9-15(16(10-14)21-2)22-12-13-6-4-3-5-7-13/h3-11H,12H2,1-2H3,(H2,18,20,23). The molecule has 0 aliphatic rings. The molecule has 0 heterocycles. The Morgan fingerprint density at radius 3 is 2.65 bits per heavy atom. The number of nitrogens with one attached hydrogen (secondary N) is 2. The lowest BCUT2D eigenvalue weighted by molar-refractivity contribution is 0.284. The fourth-order valence-corrected chi connectivity index (χ4v) is 1.89. The average Bonchev–Trinajstić information content (AvgIpc) is 2.61. The van der Waals surface area contributed by atoms with Crippen LogP contribution in [0.25, 0.3) is 0 Å². The van der Waals surface area contributed by atoms with Crippen molar-refractivity contribution in [2.45, 2.75) is 6.61 Å². The highest BCUT2D eigenvalue weighted by Gasteiger charge is 2.05. The molecule has 0 fully saturated rings. The minimum absolute atomic E-state index is 0.455. The molecule has 0 aliphatic carbocycles. The third-order valence-electron chi connectivity index (χ3n) is 3.03. The molecule has 120 valence electrons. The van der Waals surface area contributed by atoms with Gasteiger partial charge in [-0.25, -0.2) is 0 Å². The first-order valence-electron chi connectivity index (χ1n) is 7.08. The summed E-state index contributed by atoms with van der Waals surface area (Å²) in [6.07, 6.45) is 1.66. The van der Waals surface area contributed by atoms with E-state index in [1.165, 1.54) is 0 Å². The maximum Gasteiger partial charge on any atom is 0.186 e. The maximum absolute atomic E-state index is 5.81. The van der Waals surface area contributed by atoms with Crippen molar-refractivity contribution in [3.05, 3.63) is 59.7 Å². The van der Waals surface area contributed by atoms with Gasteiger partial charge in [0.25, 0.3) is 0 Å². The van der Waals surface area contributed by atoms with Crippen molar-refractivity contribution in [3.8, 4) is 11.5 Å². The lowest BCUT2D eigenvalue weighted by Gasteiger charge is -2.11. The lowest BCUT2D eigenvalue weighted by Crippen LogP contribution is -2.28. The predicted molar refractivity (Wildman–Crippen MR) is 96.2 cm³/mol. The quantitative estimate of drug-likeness (QED) is 0.485. The molecule has 2 aromatic carbocycles. The number of hydrogen-bond donors (Lipinski definition) is 2. The highest BCUT2D eigenvalue weighted by molar-refractivity contribution is 7.80. The van der Waals surface area contributed by atoms with Gasteiger partial charge in [0.15, 0.2) is 16.6 Å². The normalized spacial score (nSPS) is 10.3.